The van der Waals surface area contributed by atoms with Crippen LogP contribution in [0.3, 0.4) is 0 Å². The van der Waals surface area contributed by atoms with Gasteiger partial charge in [-0.15, -0.1) is 0 Å². The Labute approximate surface area is 155 Å². The van der Waals surface area contributed by atoms with Crippen molar-refractivity contribution in [2.75, 3.05) is 7.11 Å². The minimum Gasteiger partial charge on any atom is -0.412 e. The van der Waals surface area contributed by atoms with Crippen molar-refractivity contribution in [3.63, 3.8) is 0 Å². The van der Waals surface area contributed by atoms with Gasteiger partial charge in [-0.25, -0.2) is 0 Å². The van der Waals surface area contributed by atoms with Gasteiger partial charge in [0, 0.05) is 13.0 Å². The Morgan fingerprint density at radius 3 is 2.12 bits per heavy atom. The van der Waals surface area contributed by atoms with E-state index in [1.54, 1.807) is 7.11 Å². The summed E-state index contributed by atoms with van der Waals surface area (Å²) >= 11 is 0. The summed E-state index contributed by atoms with van der Waals surface area (Å²) in [5.74, 6) is -0.0651. The molecule has 0 radical (unpaired) electrons. The molecule has 1 aromatic carbocycles. The highest BCUT2D eigenvalue weighted by molar-refractivity contribution is 6.74. The van der Waals surface area contributed by atoms with Gasteiger partial charge in [0.05, 0.1) is 18.3 Å². The fraction of sp³-hybridized carbons (Fsp3) is 0.619. The maximum Gasteiger partial charge on any atom is 0.192 e. The Morgan fingerprint density at radius 2 is 1.64 bits per heavy atom. The number of hydrogen-bond acceptors (Lipinski definition) is 3. The molecule has 0 fully saturated rings. The van der Waals surface area contributed by atoms with Crippen molar-refractivity contribution in [1.82, 2.24) is 0 Å². The molecule has 0 saturated heterocycles. The molecule has 25 heavy (non-hydrogen) atoms. The molecular formula is C21H36O3Si. The third-order valence-electron chi connectivity index (χ3n) is 5.36. The minimum absolute atomic E-state index is 0.0651. The summed E-state index contributed by atoms with van der Waals surface area (Å²) in [6.07, 6.45) is 2.97. The van der Waals surface area contributed by atoms with E-state index in [-0.39, 0.29) is 23.2 Å². The molecule has 3 nitrogen and oxygen atoms in total. The van der Waals surface area contributed by atoms with Crippen molar-refractivity contribution in [2.24, 2.45) is 5.92 Å². The largest absolute Gasteiger partial charge is 0.412 e. The van der Waals surface area contributed by atoms with Gasteiger partial charge in [-0.05, 0) is 30.6 Å². The van der Waals surface area contributed by atoms with Gasteiger partial charge in [0.15, 0.2) is 8.32 Å². The van der Waals surface area contributed by atoms with Crippen molar-refractivity contribution in [3.8, 4) is 0 Å². The summed E-state index contributed by atoms with van der Waals surface area (Å²) in [5, 5.41) is 10.7. The van der Waals surface area contributed by atoms with Gasteiger partial charge in [0.25, 0.3) is 0 Å². The second-order valence-electron chi connectivity index (χ2n) is 8.40. The molecular weight excluding hydrogens is 328 g/mol. The number of hydrogen-bond donors (Lipinski definition) is 1. The molecule has 0 saturated carbocycles. The zero-order valence-corrected chi connectivity index (χ0v) is 18.1. The predicted octanol–water partition coefficient (Wildman–Crippen LogP) is 5.12. The van der Waals surface area contributed by atoms with Crippen LogP contribution in [-0.2, 0) is 9.16 Å². The molecule has 4 heteroatoms. The average Bonchev–Trinajstić information content (AvgIpc) is 2.52. The van der Waals surface area contributed by atoms with Crippen LogP contribution < -0.4 is 0 Å². The van der Waals surface area contributed by atoms with Crippen LogP contribution in [-0.4, -0.2) is 38.8 Å². The highest BCUT2D eigenvalue weighted by Crippen LogP contribution is 2.38. The second kappa shape index (κ2) is 9.13. The fourth-order valence-corrected chi connectivity index (χ4v) is 4.10. The lowest BCUT2D eigenvalue weighted by Crippen LogP contribution is -2.49. The Hall–Kier alpha value is -0.943. The molecule has 0 bridgehead atoms. The summed E-state index contributed by atoms with van der Waals surface area (Å²) in [7, 11) is -0.184. The van der Waals surface area contributed by atoms with E-state index in [2.05, 4.69) is 40.8 Å². The number of aliphatic hydroxyl groups is 1. The van der Waals surface area contributed by atoms with Crippen LogP contribution in [0.4, 0.5) is 0 Å². The van der Waals surface area contributed by atoms with Crippen LogP contribution in [0.25, 0.3) is 6.08 Å². The van der Waals surface area contributed by atoms with Crippen molar-refractivity contribution in [1.29, 1.82) is 0 Å². The summed E-state index contributed by atoms with van der Waals surface area (Å²) in [6.45, 7) is 15.2. The summed E-state index contributed by atoms with van der Waals surface area (Å²) < 4.78 is 12.2. The first-order chi connectivity index (χ1) is 11.5. The van der Waals surface area contributed by atoms with Crippen LogP contribution in [0.2, 0.25) is 18.1 Å². The van der Waals surface area contributed by atoms with E-state index in [1.807, 2.05) is 49.4 Å². The van der Waals surface area contributed by atoms with Crippen LogP contribution in [0.15, 0.2) is 36.4 Å². The number of methoxy groups -OCH3 is 1. The molecule has 0 aromatic heterocycles. The van der Waals surface area contributed by atoms with E-state index < -0.39 is 14.4 Å². The molecule has 1 aromatic rings. The molecule has 142 valence electrons. The Bertz CT molecular complexity index is 534. The zero-order valence-electron chi connectivity index (χ0n) is 17.1. The van der Waals surface area contributed by atoms with E-state index in [9.17, 15) is 5.11 Å². The molecule has 0 aliphatic rings. The topological polar surface area (TPSA) is 38.7 Å². The maximum absolute atomic E-state index is 10.6. The highest BCUT2D eigenvalue weighted by Gasteiger charge is 2.41. The van der Waals surface area contributed by atoms with Crippen molar-refractivity contribution in [3.05, 3.63) is 42.0 Å². The number of ether oxygens (including phenoxy) is 1. The van der Waals surface area contributed by atoms with E-state index in [1.165, 1.54) is 0 Å². The minimum atomic E-state index is -1.88. The van der Waals surface area contributed by atoms with Crippen LogP contribution in [0, 0.1) is 5.92 Å². The average molecular weight is 365 g/mol. The van der Waals surface area contributed by atoms with Gasteiger partial charge in [0.1, 0.15) is 0 Å². The van der Waals surface area contributed by atoms with Crippen LogP contribution in [0.5, 0.6) is 0 Å². The normalized spacial score (nSPS) is 18.1. The van der Waals surface area contributed by atoms with E-state index >= 15 is 0 Å². The molecule has 0 spiro atoms. The second-order valence-corrected chi connectivity index (χ2v) is 13.2. The molecule has 1 N–H and O–H groups in total. The highest BCUT2D eigenvalue weighted by atomic mass is 28.4. The van der Waals surface area contributed by atoms with Crippen molar-refractivity contribution >= 4 is 14.4 Å². The lowest BCUT2D eigenvalue weighted by molar-refractivity contribution is -0.0527. The van der Waals surface area contributed by atoms with Crippen LogP contribution >= 0.6 is 0 Å². The first-order valence-electron chi connectivity index (χ1n) is 9.11. The first-order valence-corrected chi connectivity index (χ1v) is 12.0. The molecule has 4 atom stereocenters. The molecule has 0 amide bonds. The Balaban J connectivity index is 2.78. The summed E-state index contributed by atoms with van der Waals surface area (Å²) in [4.78, 5) is 0. The Morgan fingerprint density at radius 1 is 1.08 bits per heavy atom. The van der Waals surface area contributed by atoms with Gasteiger partial charge in [-0.3, -0.25) is 0 Å². The smallest absolute Gasteiger partial charge is 0.192 e. The summed E-state index contributed by atoms with van der Waals surface area (Å²) in [5.41, 5.74) is 1.08. The Kier molecular flexibility index (Phi) is 8.07. The lowest BCUT2D eigenvalue weighted by atomic mass is 9.94. The molecule has 1 rings (SSSR count). The number of aliphatic hydroxyl groups excluding tert-OH is 1. The monoisotopic (exact) mass is 364 g/mol. The SMILES string of the molecule is CO[C@@H](C(C)O[Si](C)(C)C(C)(C)C)[C@H](C)[C@@H](O)/C=C/c1ccccc1. The zero-order chi connectivity index (χ0) is 19.3. The number of rotatable bonds is 8. The third kappa shape index (κ3) is 6.37. The molecule has 0 heterocycles. The molecule has 0 aliphatic heterocycles. The van der Waals surface area contributed by atoms with E-state index in [0.717, 1.165) is 5.56 Å². The van der Waals surface area contributed by atoms with Crippen molar-refractivity contribution in [2.45, 2.75) is 71.1 Å². The fourth-order valence-electron chi connectivity index (χ4n) is 2.69. The first kappa shape index (κ1) is 22.1. The van der Waals surface area contributed by atoms with Crippen molar-refractivity contribution < 1.29 is 14.3 Å². The lowest BCUT2D eigenvalue weighted by Gasteiger charge is -2.41. The van der Waals surface area contributed by atoms with Gasteiger partial charge in [-0.1, -0.05) is 70.2 Å². The quantitative estimate of drug-likeness (QED) is 0.651. The standard InChI is InChI=1S/C21H36O3Si/c1-16(19(22)15-14-18-12-10-9-11-13-18)20(23-6)17(2)24-25(7,8)21(3,4)5/h9-17,19-20,22H,1-8H3/b15-14+/t16-,17?,19+,20-/m1/s1. The van der Waals surface area contributed by atoms with Gasteiger partial charge >= 0.3 is 0 Å². The molecule has 1 unspecified atom stereocenters. The van der Waals surface area contributed by atoms with Gasteiger partial charge in [0.2, 0.25) is 0 Å². The van der Waals surface area contributed by atoms with E-state index in [0.29, 0.717) is 0 Å². The number of benzene rings is 1. The van der Waals surface area contributed by atoms with Crippen LogP contribution in [0.1, 0.15) is 40.2 Å². The maximum atomic E-state index is 10.6. The molecule has 0 aliphatic carbocycles. The third-order valence-corrected chi connectivity index (χ3v) is 9.94. The summed E-state index contributed by atoms with van der Waals surface area (Å²) in [6, 6.07) is 10.00. The van der Waals surface area contributed by atoms with Gasteiger partial charge in [-0.2, -0.15) is 0 Å². The van der Waals surface area contributed by atoms with E-state index in [4.69, 9.17) is 9.16 Å². The van der Waals surface area contributed by atoms with Gasteiger partial charge < -0.3 is 14.3 Å². The predicted molar refractivity (Wildman–Crippen MR) is 109 cm³/mol.